The quantitative estimate of drug-likeness (QED) is 0.748. The van der Waals surface area contributed by atoms with Crippen molar-refractivity contribution in [2.75, 3.05) is 13.1 Å². The molecule has 0 saturated carbocycles. The number of fused-ring (bicyclic) bond motifs is 1. The minimum atomic E-state index is -0.202. The minimum Gasteiger partial charge on any atom is -0.361 e. The normalized spacial score (nSPS) is 10.4. The van der Waals surface area contributed by atoms with Gasteiger partial charge in [0.1, 0.15) is 0 Å². The Hall–Kier alpha value is -2.30. The van der Waals surface area contributed by atoms with E-state index in [1.54, 1.807) is 0 Å². The molecular weight excluding hydrogens is 242 g/mol. The summed E-state index contributed by atoms with van der Waals surface area (Å²) in [4.78, 5) is 25.3. The van der Waals surface area contributed by atoms with Crippen molar-refractivity contribution in [2.45, 2.75) is 13.3 Å². The number of amides is 2. The van der Waals surface area contributed by atoms with Gasteiger partial charge >= 0.3 is 0 Å². The number of benzene rings is 1. The Balaban J connectivity index is 1.83. The minimum absolute atomic E-state index is 0.0310. The number of nitrogens with one attached hydrogen (secondary N) is 3. The van der Waals surface area contributed by atoms with Gasteiger partial charge in [-0.3, -0.25) is 9.59 Å². The van der Waals surface area contributed by atoms with Crippen LogP contribution in [-0.4, -0.2) is 29.9 Å². The van der Waals surface area contributed by atoms with Gasteiger partial charge in [0.15, 0.2) is 0 Å². The molecule has 1 heterocycles. The largest absolute Gasteiger partial charge is 0.361 e. The van der Waals surface area contributed by atoms with Crippen LogP contribution in [-0.2, 0) is 16.0 Å². The van der Waals surface area contributed by atoms with E-state index < -0.39 is 0 Å². The highest BCUT2D eigenvalue weighted by Gasteiger charge is 2.04. The summed E-state index contributed by atoms with van der Waals surface area (Å²) in [5.41, 5.74) is 2.28. The molecule has 2 rings (SSSR count). The van der Waals surface area contributed by atoms with Gasteiger partial charge in [-0.1, -0.05) is 18.2 Å². The molecule has 3 N–H and O–H groups in total. The van der Waals surface area contributed by atoms with Crippen LogP contribution < -0.4 is 10.6 Å². The highest BCUT2D eigenvalue weighted by Crippen LogP contribution is 2.17. The van der Waals surface area contributed by atoms with Gasteiger partial charge in [-0.05, 0) is 18.1 Å². The van der Waals surface area contributed by atoms with Gasteiger partial charge in [-0.25, -0.2) is 0 Å². The van der Waals surface area contributed by atoms with E-state index in [9.17, 15) is 9.59 Å². The number of carbonyl (C=O) groups excluding carboxylic acids is 2. The number of carbonyl (C=O) groups is 2. The van der Waals surface area contributed by atoms with E-state index >= 15 is 0 Å². The number of rotatable bonds is 5. The van der Waals surface area contributed by atoms with Crippen LogP contribution in [0.3, 0.4) is 0 Å². The van der Waals surface area contributed by atoms with Crippen molar-refractivity contribution in [1.29, 1.82) is 0 Å². The number of aromatic nitrogens is 1. The van der Waals surface area contributed by atoms with Crippen LogP contribution in [0.25, 0.3) is 10.9 Å². The Morgan fingerprint density at radius 1 is 1.21 bits per heavy atom. The van der Waals surface area contributed by atoms with E-state index in [2.05, 4.69) is 21.7 Å². The summed E-state index contributed by atoms with van der Waals surface area (Å²) < 4.78 is 0. The van der Waals surface area contributed by atoms with Crippen LogP contribution >= 0.6 is 0 Å². The van der Waals surface area contributed by atoms with Gasteiger partial charge in [-0.15, -0.1) is 0 Å². The average Bonchev–Trinajstić information content (AvgIpc) is 2.80. The van der Waals surface area contributed by atoms with Crippen molar-refractivity contribution in [3.05, 3.63) is 36.0 Å². The highest BCUT2D eigenvalue weighted by molar-refractivity contribution is 5.84. The third-order valence-electron chi connectivity index (χ3n) is 2.89. The average molecular weight is 259 g/mol. The summed E-state index contributed by atoms with van der Waals surface area (Å²) in [5.74, 6) is -0.373. The molecule has 0 bridgehead atoms. The molecule has 5 nitrogen and oxygen atoms in total. The van der Waals surface area contributed by atoms with Crippen LogP contribution in [0, 0.1) is 0 Å². The van der Waals surface area contributed by atoms with Crippen molar-refractivity contribution in [2.24, 2.45) is 0 Å². The van der Waals surface area contributed by atoms with Crippen LogP contribution in [0.1, 0.15) is 12.5 Å². The fourth-order valence-corrected chi connectivity index (χ4v) is 1.94. The molecule has 0 atom stereocenters. The molecule has 0 aliphatic heterocycles. The number of hydrogen-bond donors (Lipinski definition) is 3. The molecule has 0 aliphatic carbocycles. The highest BCUT2D eigenvalue weighted by atomic mass is 16.2. The standard InChI is InChI=1S/C14H17N3O2/c1-10(18)16-9-14(19)15-7-6-11-8-17-13-5-3-2-4-12(11)13/h2-5,8,17H,6-7,9H2,1H3,(H,15,19)(H,16,18). The lowest BCUT2D eigenvalue weighted by atomic mass is 10.1. The van der Waals surface area contributed by atoms with Crippen molar-refractivity contribution < 1.29 is 9.59 Å². The predicted molar refractivity (Wildman–Crippen MR) is 73.7 cm³/mol. The van der Waals surface area contributed by atoms with E-state index in [1.165, 1.54) is 17.9 Å². The van der Waals surface area contributed by atoms with Crippen LogP contribution in [0.15, 0.2) is 30.5 Å². The molecule has 0 fully saturated rings. The summed E-state index contributed by atoms with van der Waals surface area (Å²) in [6.07, 6.45) is 2.72. The lowest BCUT2D eigenvalue weighted by Gasteiger charge is -2.05. The molecule has 1 aromatic heterocycles. The zero-order valence-corrected chi connectivity index (χ0v) is 10.8. The molecule has 5 heteroatoms. The SMILES string of the molecule is CC(=O)NCC(=O)NCCc1c[nH]c2ccccc12. The van der Waals surface area contributed by atoms with Gasteiger partial charge < -0.3 is 15.6 Å². The predicted octanol–water partition coefficient (Wildman–Crippen LogP) is 0.963. The molecular formula is C14H17N3O2. The topological polar surface area (TPSA) is 74.0 Å². The van der Waals surface area contributed by atoms with Crippen molar-refractivity contribution in [3.8, 4) is 0 Å². The fourth-order valence-electron chi connectivity index (χ4n) is 1.94. The summed E-state index contributed by atoms with van der Waals surface area (Å²) >= 11 is 0. The van der Waals surface area contributed by atoms with Gasteiger partial charge in [-0.2, -0.15) is 0 Å². The number of hydrogen-bond acceptors (Lipinski definition) is 2. The summed E-state index contributed by atoms with van der Waals surface area (Å²) in [6, 6.07) is 8.06. The molecule has 0 radical (unpaired) electrons. The Labute approximate surface area is 111 Å². The van der Waals surface area contributed by atoms with Crippen LogP contribution in [0.2, 0.25) is 0 Å². The number of aromatic amines is 1. The fraction of sp³-hybridized carbons (Fsp3) is 0.286. The molecule has 2 aromatic rings. The van der Waals surface area contributed by atoms with Gasteiger partial charge in [0.2, 0.25) is 11.8 Å². The van der Waals surface area contributed by atoms with Crippen molar-refractivity contribution in [3.63, 3.8) is 0 Å². The first-order valence-corrected chi connectivity index (χ1v) is 6.23. The van der Waals surface area contributed by atoms with E-state index in [-0.39, 0.29) is 18.4 Å². The first kappa shape index (κ1) is 13.1. The summed E-state index contributed by atoms with van der Waals surface area (Å²) in [7, 11) is 0. The third kappa shape index (κ3) is 3.58. The van der Waals surface area contributed by atoms with E-state index in [0.717, 1.165) is 11.9 Å². The molecule has 0 saturated heterocycles. The molecule has 0 unspecified atom stereocenters. The Kier molecular flexibility index (Phi) is 4.18. The first-order chi connectivity index (χ1) is 9.16. The van der Waals surface area contributed by atoms with E-state index in [1.807, 2.05) is 24.4 Å². The lowest BCUT2D eigenvalue weighted by molar-refractivity contribution is -0.125. The maximum Gasteiger partial charge on any atom is 0.239 e. The smallest absolute Gasteiger partial charge is 0.239 e. The molecule has 100 valence electrons. The molecule has 0 aliphatic rings. The van der Waals surface area contributed by atoms with E-state index in [4.69, 9.17) is 0 Å². The zero-order chi connectivity index (χ0) is 13.7. The van der Waals surface area contributed by atoms with Crippen LogP contribution in [0.5, 0.6) is 0 Å². The Morgan fingerprint density at radius 2 is 2.00 bits per heavy atom. The maximum atomic E-state index is 11.4. The third-order valence-corrected chi connectivity index (χ3v) is 2.89. The molecule has 1 aromatic carbocycles. The first-order valence-electron chi connectivity index (χ1n) is 6.23. The monoisotopic (exact) mass is 259 g/mol. The lowest BCUT2D eigenvalue weighted by Crippen LogP contribution is -2.36. The molecule has 0 spiro atoms. The summed E-state index contributed by atoms with van der Waals surface area (Å²) in [5, 5.41) is 6.41. The van der Waals surface area contributed by atoms with Gasteiger partial charge in [0.25, 0.3) is 0 Å². The van der Waals surface area contributed by atoms with E-state index in [0.29, 0.717) is 6.54 Å². The maximum absolute atomic E-state index is 11.4. The van der Waals surface area contributed by atoms with Gasteiger partial charge in [0.05, 0.1) is 6.54 Å². The van der Waals surface area contributed by atoms with Crippen molar-refractivity contribution >= 4 is 22.7 Å². The second-order valence-corrected chi connectivity index (χ2v) is 4.37. The molecule has 19 heavy (non-hydrogen) atoms. The van der Waals surface area contributed by atoms with Gasteiger partial charge in [0, 0.05) is 30.6 Å². The Bertz CT molecular complexity index is 589. The molecule has 2 amide bonds. The summed E-state index contributed by atoms with van der Waals surface area (Å²) in [6.45, 7) is 1.97. The number of H-pyrrole nitrogens is 1. The van der Waals surface area contributed by atoms with Crippen molar-refractivity contribution in [1.82, 2.24) is 15.6 Å². The second-order valence-electron chi connectivity index (χ2n) is 4.37. The zero-order valence-electron chi connectivity index (χ0n) is 10.8. The Morgan fingerprint density at radius 3 is 2.79 bits per heavy atom. The number of para-hydroxylation sites is 1. The second kappa shape index (κ2) is 6.04. The van der Waals surface area contributed by atoms with Crippen LogP contribution in [0.4, 0.5) is 0 Å².